The first-order valence-electron chi connectivity index (χ1n) is 13.2. The standard InChI is InChI=1S/C27H43FN4O2/c1-4-21(3)25(30-26(33)22-12-10-20(2)11-13-22)27(34)29-14-7-15-31-16-18-32(19-17-31)24-9-6-5-8-23(24)28/h5-6,8-9,20-22,25H,4,7,10-19H2,1-3H3,(H,29,34)(H,30,33)/t20?,21-,22?,25+/m0/s1. The van der Waals surface area contributed by atoms with Gasteiger partial charge in [0.1, 0.15) is 11.9 Å². The summed E-state index contributed by atoms with van der Waals surface area (Å²) in [6.07, 6.45) is 5.72. The number of carbonyl (C=O) groups excluding carboxylic acids is 2. The summed E-state index contributed by atoms with van der Waals surface area (Å²) in [5.74, 6) is 0.632. The monoisotopic (exact) mass is 474 g/mol. The van der Waals surface area contributed by atoms with Gasteiger partial charge in [0.05, 0.1) is 5.69 Å². The minimum Gasteiger partial charge on any atom is -0.367 e. The first-order valence-corrected chi connectivity index (χ1v) is 13.2. The highest BCUT2D eigenvalue weighted by Gasteiger charge is 2.30. The number of para-hydroxylation sites is 1. The van der Waals surface area contributed by atoms with Crippen molar-refractivity contribution in [2.75, 3.05) is 44.2 Å². The van der Waals surface area contributed by atoms with Crippen molar-refractivity contribution in [1.82, 2.24) is 15.5 Å². The van der Waals surface area contributed by atoms with Gasteiger partial charge in [-0.1, -0.05) is 39.3 Å². The van der Waals surface area contributed by atoms with Crippen molar-refractivity contribution in [3.05, 3.63) is 30.1 Å². The van der Waals surface area contributed by atoms with Crippen LogP contribution in [-0.2, 0) is 9.59 Å². The molecule has 2 atom stereocenters. The molecule has 1 saturated heterocycles. The maximum absolute atomic E-state index is 14.0. The van der Waals surface area contributed by atoms with Crippen LogP contribution in [0.5, 0.6) is 0 Å². The summed E-state index contributed by atoms with van der Waals surface area (Å²) >= 11 is 0. The highest BCUT2D eigenvalue weighted by molar-refractivity contribution is 5.88. The normalized spacial score (nSPS) is 23.2. The van der Waals surface area contributed by atoms with Crippen LogP contribution < -0.4 is 15.5 Å². The summed E-state index contributed by atoms with van der Waals surface area (Å²) in [7, 11) is 0. The molecule has 1 aromatic carbocycles. The van der Waals surface area contributed by atoms with E-state index in [1.165, 1.54) is 6.07 Å². The number of amides is 2. The SMILES string of the molecule is CC[C@H](C)[C@@H](NC(=O)C1CCC(C)CC1)C(=O)NCCCN1CCN(c2ccccc2F)CC1. The van der Waals surface area contributed by atoms with Crippen LogP contribution in [0.15, 0.2) is 24.3 Å². The molecule has 0 unspecified atom stereocenters. The molecule has 2 N–H and O–H groups in total. The Morgan fingerprint density at radius 1 is 1.09 bits per heavy atom. The van der Waals surface area contributed by atoms with E-state index in [9.17, 15) is 14.0 Å². The Morgan fingerprint density at radius 3 is 2.41 bits per heavy atom. The molecule has 0 radical (unpaired) electrons. The molecule has 6 nitrogen and oxygen atoms in total. The smallest absolute Gasteiger partial charge is 0.242 e. The zero-order valence-corrected chi connectivity index (χ0v) is 21.2. The Labute approximate surface area is 204 Å². The van der Waals surface area contributed by atoms with E-state index >= 15 is 0 Å². The zero-order chi connectivity index (χ0) is 24.5. The lowest BCUT2D eigenvalue weighted by molar-refractivity contribution is -0.133. The molecule has 1 saturated carbocycles. The highest BCUT2D eigenvalue weighted by atomic mass is 19.1. The van der Waals surface area contributed by atoms with Crippen LogP contribution in [-0.4, -0.2) is 62.0 Å². The lowest BCUT2D eigenvalue weighted by Gasteiger charge is -2.36. The third-order valence-corrected chi connectivity index (χ3v) is 7.70. The van der Waals surface area contributed by atoms with Gasteiger partial charge in [0.15, 0.2) is 0 Å². The molecule has 1 aliphatic carbocycles. The molecular formula is C27H43FN4O2. The summed E-state index contributed by atoms with van der Waals surface area (Å²) in [5.41, 5.74) is 0.676. The van der Waals surface area contributed by atoms with Gasteiger partial charge in [0.25, 0.3) is 0 Å². The second-order valence-corrected chi connectivity index (χ2v) is 10.3. The molecule has 2 aliphatic rings. The van der Waals surface area contributed by atoms with Gasteiger partial charge in [-0.25, -0.2) is 4.39 Å². The average Bonchev–Trinajstić information content (AvgIpc) is 2.85. The van der Waals surface area contributed by atoms with Crippen molar-refractivity contribution in [2.45, 2.75) is 65.3 Å². The largest absolute Gasteiger partial charge is 0.367 e. The number of nitrogens with one attached hydrogen (secondary N) is 2. The molecular weight excluding hydrogens is 431 g/mol. The van der Waals surface area contributed by atoms with Crippen LogP contribution in [0, 0.1) is 23.6 Å². The van der Waals surface area contributed by atoms with Crippen LogP contribution in [0.2, 0.25) is 0 Å². The lowest BCUT2D eigenvalue weighted by Crippen LogP contribution is -2.52. The second kappa shape index (κ2) is 13.1. The molecule has 0 bridgehead atoms. The molecule has 1 heterocycles. The molecule has 1 aliphatic heterocycles. The number of benzene rings is 1. The van der Waals surface area contributed by atoms with E-state index in [-0.39, 0.29) is 29.5 Å². The van der Waals surface area contributed by atoms with E-state index in [1.54, 1.807) is 6.07 Å². The summed E-state index contributed by atoms with van der Waals surface area (Å²) in [6, 6.07) is 6.47. The summed E-state index contributed by atoms with van der Waals surface area (Å²) in [6.45, 7) is 11.2. The van der Waals surface area contributed by atoms with Crippen LogP contribution in [0.1, 0.15) is 59.3 Å². The van der Waals surface area contributed by atoms with E-state index in [1.807, 2.05) is 19.1 Å². The minimum absolute atomic E-state index is 0.0404. The minimum atomic E-state index is -0.471. The molecule has 190 valence electrons. The highest BCUT2D eigenvalue weighted by Crippen LogP contribution is 2.28. The van der Waals surface area contributed by atoms with Crippen molar-refractivity contribution in [2.24, 2.45) is 17.8 Å². The van der Waals surface area contributed by atoms with E-state index in [0.717, 1.165) is 71.2 Å². The summed E-state index contributed by atoms with van der Waals surface area (Å²) < 4.78 is 14.0. The van der Waals surface area contributed by atoms with Crippen molar-refractivity contribution in [1.29, 1.82) is 0 Å². The Kier molecular flexibility index (Phi) is 10.2. The number of hydrogen-bond acceptors (Lipinski definition) is 4. The Bertz CT molecular complexity index is 789. The van der Waals surface area contributed by atoms with Crippen LogP contribution in [0.3, 0.4) is 0 Å². The van der Waals surface area contributed by atoms with Crippen LogP contribution in [0.25, 0.3) is 0 Å². The van der Waals surface area contributed by atoms with Crippen molar-refractivity contribution in [3.63, 3.8) is 0 Å². The fourth-order valence-electron chi connectivity index (χ4n) is 5.04. The predicted octanol–water partition coefficient (Wildman–Crippen LogP) is 3.81. The average molecular weight is 475 g/mol. The van der Waals surface area contributed by atoms with Gasteiger partial charge in [0, 0.05) is 38.6 Å². The van der Waals surface area contributed by atoms with Crippen LogP contribution in [0.4, 0.5) is 10.1 Å². The molecule has 1 aromatic rings. The van der Waals surface area contributed by atoms with E-state index in [0.29, 0.717) is 18.2 Å². The van der Waals surface area contributed by atoms with E-state index < -0.39 is 6.04 Å². The summed E-state index contributed by atoms with van der Waals surface area (Å²) in [4.78, 5) is 30.2. The van der Waals surface area contributed by atoms with Gasteiger partial charge in [-0.3, -0.25) is 14.5 Å². The molecule has 0 aromatic heterocycles. The van der Waals surface area contributed by atoms with Crippen LogP contribution >= 0.6 is 0 Å². The molecule has 7 heteroatoms. The van der Waals surface area contributed by atoms with Crippen molar-refractivity contribution < 1.29 is 14.0 Å². The predicted molar refractivity (Wildman–Crippen MR) is 135 cm³/mol. The third kappa shape index (κ3) is 7.42. The topological polar surface area (TPSA) is 64.7 Å². The quantitative estimate of drug-likeness (QED) is 0.506. The summed E-state index contributed by atoms with van der Waals surface area (Å²) in [5, 5.41) is 6.12. The van der Waals surface area contributed by atoms with E-state index in [2.05, 4.69) is 34.3 Å². The van der Waals surface area contributed by atoms with Gasteiger partial charge in [0.2, 0.25) is 11.8 Å². The van der Waals surface area contributed by atoms with Gasteiger partial charge < -0.3 is 15.5 Å². The molecule has 0 spiro atoms. The van der Waals surface area contributed by atoms with Gasteiger partial charge in [-0.05, 0) is 62.6 Å². The Balaban J connectivity index is 1.38. The first-order chi connectivity index (χ1) is 16.4. The Morgan fingerprint density at radius 2 is 1.76 bits per heavy atom. The third-order valence-electron chi connectivity index (χ3n) is 7.70. The number of carbonyl (C=O) groups is 2. The van der Waals surface area contributed by atoms with Crippen molar-refractivity contribution >= 4 is 17.5 Å². The lowest BCUT2D eigenvalue weighted by atomic mass is 9.82. The molecule has 2 amide bonds. The maximum Gasteiger partial charge on any atom is 0.242 e. The fraction of sp³-hybridized carbons (Fsp3) is 0.704. The number of halogens is 1. The zero-order valence-electron chi connectivity index (χ0n) is 21.2. The van der Waals surface area contributed by atoms with Gasteiger partial charge in [-0.15, -0.1) is 0 Å². The van der Waals surface area contributed by atoms with E-state index in [4.69, 9.17) is 0 Å². The molecule has 34 heavy (non-hydrogen) atoms. The van der Waals surface area contributed by atoms with Gasteiger partial charge in [-0.2, -0.15) is 0 Å². The van der Waals surface area contributed by atoms with Crippen molar-refractivity contribution in [3.8, 4) is 0 Å². The fourth-order valence-corrected chi connectivity index (χ4v) is 5.04. The Hall–Kier alpha value is -2.15. The second-order valence-electron chi connectivity index (χ2n) is 10.3. The number of piperazine rings is 1. The number of nitrogens with zero attached hydrogens (tertiary/aromatic N) is 2. The number of anilines is 1. The molecule has 2 fully saturated rings. The number of hydrogen-bond donors (Lipinski definition) is 2. The first kappa shape index (κ1) is 26.5. The number of rotatable bonds is 10. The van der Waals surface area contributed by atoms with Gasteiger partial charge >= 0.3 is 0 Å². The maximum atomic E-state index is 14.0. The molecule has 3 rings (SSSR count).